The van der Waals surface area contributed by atoms with E-state index in [2.05, 4.69) is 74.8 Å². The van der Waals surface area contributed by atoms with E-state index in [1.165, 1.54) is 36.5 Å². The Bertz CT molecular complexity index is 914. The molecule has 0 bridgehead atoms. The van der Waals surface area contributed by atoms with Crippen LogP contribution in [0.2, 0.25) is 0 Å². The van der Waals surface area contributed by atoms with Crippen molar-refractivity contribution in [2.24, 2.45) is 0 Å². The average Bonchev–Trinajstić information content (AvgIpc) is 3.29. The summed E-state index contributed by atoms with van der Waals surface area (Å²) in [5.74, 6) is 0. The Balaban J connectivity index is 1.33. The number of likely N-dealkylation sites (tertiary alicyclic amines) is 1. The van der Waals surface area contributed by atoms with E-state index in [0.29, 0.717) is 0 Å². The van der Waals surface area contributed by atoms with E-state index in [1.54, 1.807) is 22.5 Å². The predicted octanol–water partition coefficient (Wildman–Crippen LogP) is 4.74. The fraction of sp³-hybridized carbons (Fsp3) is 0.400. The van der Waals surface area contributed by atoms with Gasteiger partial charge >= 0.3 is 0 Å². The largest absolute Gasteiger partial charge is 0.303 e. The number of benzene rings is 2. The molecule has 0 amide bonds. The van der Waals surface area contributed by atoms with Crippen LogP contribution in [0.25, 0.3) is 0 Å². The molecule has 1 aromatic heterocycles. The maximum absolute atomic E-state index is 4.59. The van der Waals surface area contributed by atoms with E-state index in [9.17, 15) is 0 Å². The van der Waals surface area contributed by atoms with Crippen LogP contribution in [0.15, 0.2) is 66.2 Å². The number of aromatic nitrogens is 1. The monoisotopic (exact) mass is 403 g/mol. The second kappa shape index (κ2) is 8.39. The van der Waals surface area contributed by atoms with Gasteiger partial charge in [-0.05, 0) is 42.4 Å². The van der Waals surface area contributed by atoms with Crippen LogP contribution in [0.3, 0.4) is 0 Å². The molecule has 0 atom stereocenters. The maximum atomic E-state index is 4.59. The number of piperidine rings is 1. The number of thiazole rings is 1. The van der Waals surface area contributed by atoms with Gasteiger partial charge in [-0.25, -0.2) is 4.98 Å². The highest BCUT2D eigenvalue weighted by molar-refractivity contribution is 7.09. The molecule has 0 saturated carbocycles. The fourth-order valence-electron chi connectivity index (χ4n) is 5.22. The Morgan fingerprint density at radius 2 is 1.72 bits per heavy atom. The summed E-state index contributed by atoms with van der Waals surface area (Å²) in [5.41, 5.74) is 4.75. The van der Waals surface area contributed by atoms with Gasteiger partial charge in [0.25, 0.3) is 0 Å². The second-order valence-corrected chi connectivity index (χ2v) is 9.34. The minimum Gasteiger partial charge on any atom is -0.303 e. The summed E-state index contributed by atoms with van der Waals surface area (Å²) in [6.45, 7) is 5.63. The van der Waals surface area contributed by atoms with E-state index in [4.69, 9.17) is 0 Å². The van der Waals surface area contributed by atoms with Gasteiger partial charge in [-0.3, -0.25) is 4.90 Å². The van der Waals surface area contributed by atoms with Gasteiger partial charge in [0.15, 0.2) is 0 Å². The number of hydrogen-bond donors (Lipinski definition) is 0. The standard InChI is InChI=1S/C25H29N3S/c1-2-6-21(7-3-1)10-15-27-17-12-25(13-18-27)23-9-5-4-8-22(23)11-16-28(25)20-24-26-14-19-29-24/h1-9,14,19H,10-13,15-18,20H2. The maximum Gasteiger partial charge on any atom is 0.107 e. The van der Waals surface area contributed by atoms with Crippen molar-refractivity contribution in [3.63, 3.8) is 0 Å². The lowest BCUT2D eigenvalue weighted by molar-refractivity contribution is 0.00307. The highest BCUT2D eigenvalue weighted by Crippen LogP contribution is 2.44. The van der Waals surface area contributed by atoms with Gasteiger partial charge in [0.1, 0.15) is 5.01 Å². The van der Waals surface area contributed by atoms with E-state index >= 15 is 0 Å². The van der Waals surface area contributed by atoms with Crippen LogP contribution in [0.5, 0.6) is 0 Å². The third-order valence-corrected chi connectivity index (χ3v) is 7.59. The Morgan fingerprint density at radius 1 is 0.931 bits per heavy atom. The molecule has 3 aromatic rings. The molecule has 150 valence electrons. The van der Waals surface area contributed by atoms with Crippen molar-refractivity contribution in [2.75, 3.05) is 26.2 Å². The minimum absolute atomic E-state index is 0.170. The zero-order chi connectivity index (χ0) is 19.5. The summed E-state index contributed by atoms with van der Waals surface area (Å²) in [4.78, 5) is 9.99. The first-order chi connectivity index (χ1) is 14.3. The summed E-state index contributed by atoms with van der Waals surface area (Å²) in [6.07, 6.45) is 6.67. The van der Waals surface area contributed by atoms with Crippen LogP contribution in [0.1, 0.15) is 34.5 Å². The molecule has 2 aliphatic rings. The Morgan fingerprint density at radius 3 is 2.52 bits per heavy atom. The minimum atomic E-state index is 0.170. The van der Waals surface area contributed by atoms with E-state index < -0.39 is 0 Å². The third kappa shape index (κ3) is 3.89. The van der Waals surface area contributed by atoms with Crippen molar-refractivity contribution < 1.29 is 0 Å². The Labute approximate surface area is 178 Å². The molecule has 0 unspecified atom stereocenters. The number of fused-ring (bicyclic) bond motifs is 2. The quantitative estimate of drug-likeness (QED) is 0.614. The molecule has 0 radical (unpaired) electrons. The summed E-state index contributed by atoms with van der Waals surface area (Å²) in [5, 5.41) is 3.35. The van der Waals surface area contributed by atoms with Crippen LogP contribution in [0.4, 0.5) is 0 Å². The molecular formula is C25H29N3S. The zero-order valence-electron chi connectivity index (χ0n) is 17.0. The summed E-state index contributed by atoms with van der Waals surface area (Å²) in [7, 11) is 0. The second-order valence-electron chi connectivity index (χ2n) is 8.36. The summed E-state index contributed by atoms with van der Waals surface area (Å²) < 4.78 is 0. The number of nitrogens with zero attached hydrogens (tertiary/aromatic N) is 3. The van der Waals surface area contributed by atoms with Crippen LogP contribution in [-0.4, -0.2) is 41.0 Å². The lowest BCUT2D eigenvalue weighted by atomic mass is 9.74. The first-order valence-corrected chi connectivity index (χ1v) is 11.7. The number of hydrogen-bond acceptors (Lipinski definition) is 4. The molecule has 5 rings (SSSR count). The molecule has 2 aliphatic heterocycles. The first kappa shape index (κ1) is 19.0. The number of rotatable bonds is 5. The van der Waals surface area contributed by atoms with E-state index in [1.807, 2.05) is 6.20 Å². The average molecular weight is 404 g/mol. The normalized spacial score (nSPS) is 19.3. The van der Waals surface area contributed by atoms with Crippen molar-refractivity contribution in [1.82, 2.24) is 14.8 Å². The van der Waals surface area contributed by atoms with Crippen molar-refractivity contribution in [2.45, 2.75) is 37.8 Å². The van der Waals surface area contributed by atoms with Gasteiger partial charge in [0, 0.05) is 43.3 Å². The molecule has 1 saturated heterocycles. The van der Waals surface area contributed by atoms with Crippen molar-refractivity contribution in [1.29, 1.82) is 0 Å². The van der Waals surface area contributed by atoms with Gasteiger partial charge in [-0.2, -0.15) is 0 Å². The molecule has 4 heteroatoms. The molecule has 3 nitrogen and oxygen atoms in total. The summed E-state index contributed by atoms with van der Waals surface area (Å²) >= 11 is 1.79. The first-order valence-electron chi connectivity index (χ1n) is 10.8. The molecule has 0 aliphatic carbocycles. The van der Waals surface area contributed by atoms with Crippen LogP contribution < -0.4 is 0 Å². The van der Waals surface area contributed by atoms with Gasteiger partial charge in [-0.1, -0.05) is 54.6 Å². The predicted molar refractivity (Wildman–Crippen MR) is 120 cm³/mol. The van der Waals surface area contributed by atoms with Crippen molar-refractivity contribution in [3.05, 3.63) is 87.9 Å². The third-order valence-electron chi connectivity index (χ3n) is 6.83. The molecule has 2 aromatic carbocycles. The highest BCUT2D eigenvalue weighted by atomic mass is 32.1. The van der Waals surface area contributed by atoms with Gasteiger partial charge < -0.3 is 4.90 Å². The highest BCUT2D eigenvalue weighted by Gasteiger charge is 2.44. The molecular weight excluding hydrogens is 374 g/mol. The topological polar surface area (TPSA) is 19.4 Å². The summed E-state index contributed by atoms with van der Waals surface area (Å²) in [6, 6.07) is 20.1. The fourth-order valence-corrected chi connectivity index (χ4v) is 5.85. The molecule has 1 spiro atoms. The molecule has 1 fully saturated rings. The van der Waals surface area contributed by atoms with Crippen molar-refractivity contribution in [3.8, 4) is 0 Å². The Kier molecular flexibility index (Phi) is 5.49. The van der Waals surface area contributed by atoms with Gasteiger partial charge in [0.05, 0.1) is 6.54 Å². The van der Waals surface area contributed by atoms with Crippen LogP contribution in [-0.2, 0) is 24.9 Å². The van der Waals surface area contributed by atoms with Gasteiger partial charge in [0.2, 0.25) is 0 Å². The Hall–Kier alpha value is -2.01. The van der Waals surface area contributed by atoms with E-state index in [-0.39, 0.29) is 5.54 Å². The lowest BCUT2D eigenvalue weighted by Gasteiger charge is -2.52. The van der Waals surface area contributed by atoms with Crippen molar-refractivity contribution >= 4 is 11.3 Å². The molecule has 0 N–H and O–H groups in total. The SMILES string of the molecule is c1ccc(CCN2CCC3(CC2)c2ccccc2CCN3Cc2nccs2)cc1. The molecule has 3 heterocycles. The van der Waals surface area contributed by atoms with E-state index in [0.717, 1.165) is 32.5 Å². The lowest BCUT2D eigenvalue weighted by Crippen LogP contribution is -2.56. The van der Waals surface area contributed by atoms with Gasteiger partial charge in [-0.15, -0.1) is 11.3 Å². The van der Waals surface area contributed by atoms with Crippen LogP contribution in [0, 0.1) is 0 Å². The smallest absolute Gasteiger partial charge is 0.107 e. The zero-order valence-corrected chi connectivity index (χ0v) is 17.8. The van der Waals surface area contributed by atoms with Crippen LogP contribution >= 0.6 is 11.3 Å². The molecule has 29 heavy (non-hydrogen) atoms.